The minimum Gasteiger partial charge on any atom is -0.481 e. The third kappa shape index (κ3) is 6.44. The number of sulfonamides is 2. The molecule has 2 aromatic carbocycles. The summed E-state index contributed by atoms with van der Waals surface area (Å²) in [5.41, 5.74) is 1.16. The maximum absolute atomic E-state index is 12.8. The zero-order valence-electron chi connectivity index (χ0n) is 15.8. The monoisotopic (exact) mass is 441 g/mol. The molecule has 0 saturated heterocycles. The van der Waals surface area contributed by atoms with Crippen molar-refractivity contribution in [2.75, 3.05) is 16.6 Å². The van der Waals surface area contributed by atoms with Gasteiger partial charge in [0.1, 0.15) is 0 Å². The van der Waals surface area contributed by atoms with E-state index in [0.717, 1.165) is 12.5 Å². The normalized spacial score (nSPS) is 11.8. The standard InChI is InChI=1S/C18H23N3O6S2/c1-2-11-20-16-9-8-15(28(19,24)25)12-17(16)21-29(26,27)14-6-3-13(4-7-14)5-10-18(22)23/h3-4,6-9,12,20-21H,2,5,10-11H2,1H3,(H,22,23)(H2,19,24,25). The summed E-state index contributed by atoms with van der Waals surface area (Å²) >= 11 is 0. The largest absolute Gasteiger partial charge is 0.481 e. The molecule has 0 spiro atoms. The highest BCUT2D eigenvalue weighted by molar-refractivity contribution is 7.92. The van der Waals surface area contributed by atoms with Crippen molar-refractivity contribution in [1.29, 1.82) is 0 Å². The number of carbonyl (C=O) groups is 1. The number of primary sulfonamides is 1. The lowest BCUT2D eigenvalue weighted by Gasteiger charge is -2.15. The van der Waals surface area contributed by atoms with Crippen LogP contribution in [0.1, 0.15) is 25.3 Å². The molecule has 158 valence electrons. The van der Waals surface area contributed by atoms with Gasteiger partial charge in [0.05, 0.1) is 21.2 Å². The number of nitrogens with two attached hydrogens (primary N) is 1. The molecule has 11 heteroatoms. The van der Waals surface area contributed by atoms with E-state index in [1.807, 2.05) is 6.92 Å². The lowest BCUT2D eigenvalue weighted by molar-refractivity contribution is -0.136. The molecule has 0 amide bonds. The second kappa shape index (κ2) is 9.25. The van der Waals surface area contributed by atoms with Gasteiger partial charge < -0.3 is 10.4 Å². The molecule has 0 heterocycles. The van der Waals surface area contributed by atoms with Gasteiger partial charge >= 0.3 is 5.97 Å². The number of carboxylic acid groups (broad SMARTS) is 1. The van der Waals surface area contributed by atoms with Gasteiger partial charge in [0.2, 0.25) is 10.0 Å². The third-order valence-electron chi connectivity index (χ3n) is 3.99. The molecule has 2 aromatic rings. The Morgan fingerprint density at radius 1 is 1.00 bits per heavy atom. The summed E-state index contributed by atoms with van der Waals surface area (Å²) < 4.78 is 51.2. The average Bonchev–Trinajstić information content (AvgIpc) is 2.64. The van der Waals surface area contributed by atoms with Gasteiger partial charge in [-0.1, -0.05) is 19.1 Å². The van der Waals surface area contributed by atoms with Crippen molar-refractivity contribution in [2.24, 2.45) is 5.14 Å². The number of nitrogens with one attached hydrogen (secondary N) is 2. The van der Waals surface area contributed by atoms with Crippen molar-refractivity contribution in [3.8, 4) is 0 Å². The molecule has 0 atom stereocenters. The molecule has 0 bridgehead atoms. The maximum atomic E-state index is 12.8. The predicted molar refractivity (Wildman–Crippen MR) is 110 cm³/mol. The van der Waals surface area contributed by atoms with E-state index in [4.69, 9.17) is 10.2 Å². The van der Waals surface area contributed by atoms with Gasteiger partial charge in [-0.2, -0.15) is 0 Å². The molecule has 0 aliphatic rings. The Morgan fingerprint density at radius 2 is 1.62 bits per heavy atom. The van der Waals surface area contributed by atoms with Crippen LogP contribution in [0.5, 0.6) is 0 Å². The molecule has 0 aliphatic heterocycles. The quantitative estimate of drug-likeness (QED) is 0.439. The SMILES string of the molecule is CCCNc1ccc(S(N)(=O)=O)cc1NS(=O)(=O)c1ccc(CCC(=O)O)cc1. The van der Waals surface area contributed by atoms with Crippen LogP contribution in [0.15, 0.2) is 52.3 Å². The number of aliphatic carboxylic acids is 1. The summed E-state index contributed by atoms with van der Waals surface area (Å²) in [7, 11) is -8.03. The fourth-order valence-corrected chi connectivity index (χ4v) is 4.10. The molecule has 2 rings (SSSR count). The third-order valence-corrected chi connectivity index (χ3v) is 6.28. The molecule has 5 N–H and O–H groups in total. The number of benzene rings is 2. The Labute approximate surface area is 170 Å². The molecule has 0 radical (unpaired) electrons. The number of hydrogen-bond acceptors (Lipinski definition) is 6. The Balaban J connectivity index is 2.33. The van der Waals surface area contributed by atoms with E-state index in [-0.39, 0.29) is 28.3 Å². The minimum atomic E-state index is -4.01. The maximum Gasteiger partial charge on any atom is 0.303 e. The fourth-order valence-electron chi connectivity index (χ4n) is 2.49. The van der Waals surface area contributed by atoms with Crippen LogP contribution in [0.3, 0.4) is 0 Å². The van der Waals surface area contributed by atoms with E-state index in [1.165, 1.54) is 36.4 Å². The van der Waals surface area contributed by atoms with Crippen LogP contribution in [0.25, 0.3) is 0 Å². The molecule has 0 saturated carbocycles. The summed E-state index contributed by atoms with van der Waals surface area (Å²) in [6.07, 6.45) is 1.00. The van der Waals surface area contributed by atoms with E-state index in [9.17, 15) is 21.6 Å². The Bertz CT molecular complexity index is 1080. The summed E-state index contributed by atoms with van der Waals surface area (Å²) in [6, 6.07) is 9.70. The van der Waals surface area contributed by atoms with Crippen LogP contribution < -0.4 is 15.2 Å². The molecule has 0 aliphatic carbocycles. The highest BCUT2D eigenvalue weighted by Crippen LogP contribution is 2.28. The lowest BCUT2D eigenvalue weighted by Crippen LogP contribution is -2.17. The summed E-state index contributed by atoms with van der Waals surface area (Å²) in [5, 5.41) is 16.9. The first kappa shape index (κ1) is 22.7. The number of anilines is 2. The van der Waals surface area contributed by atoms with E-state index < -0.39 is 26.0 Å². The van der Waals surface area contributed by atoms with Gasteiger partial charge in [-0.25, -0.2) is 22.0 Å². The van der Waals surface area contributed by atoms with Crippen LogP contribution in [0.2, 0.25) is 0 Å². The Morgan fingerprint density at radius 3 is 2.17 bits per heavy atom. The second-order valence-electron chi connectivity index (χ2n) is 6.32. The molecule has 29 heavy (non-hydrogen) atoms. The highest BCUT2D eigenvalue weighted by Gasteiger charge is 2.18. The lowest BCUT2D eigenvalue weighted by atomic mass is 10.1. The summed E-state index contributed by atoms with van der Waals surface area (Å²) in [5.74, 6) is -0.940. The van der Waals surface area contributed by atoms with Gasteiger partial charge in [0, 0.05) is 13.0 Å². The van der Waals surface area contributed by atoms with E-state index >= 15 is 0 Å². The van der Waals surface area contributed by atoms with Crippen LogP contribution in [-0.2, 0) is 31.3 Å². The van der Waals surface area contributed by atoms with Crippen LogP contribution >= 0.6 is 0 Å². The second-order valence-corrected chi connectivity index (χ2v) is 9.57. The van der Waals surface area contributed by atoms with Crippen LogP contribution in [-0.4, -0.2) is 34.5 Å². The number of aryl methyl sites for hydroxylation is 1. The zero-order chi connectivity index (χ0) is 21.7. The average molecular weight is 442 g/mol. The predicted octanol–water partition coefficient (Wildman–Crippen LogP) is 1.97. The topological polar surface area (TPSA) is 156 Å². The first-order valence-corrected chi connectivity index (χ1v) is 11.8. The van der Waals surface area contributed by atoms with Crippen molar-refractivity contribution < 1.29 is 26.7 Å². The fraction of sp³-hybridized carbons (Fsp3) is 0.278. The van der Waals surface area contributed by atoms with Crippen LogP contribution in [0, 0.1) is 0 Å². The minimum absolute atomic E-state index is 0.0426. The number of carboxylic acids is 1. The smallest absolute Gasteiger partial charge is 0.303 e. The highest BCUT2D eigenvalue weighted by atomic mass is 32.2. The van der Waals surface area contributed by atoms with Crippen LogP contribution in [0.4, 0.5) is 11.4 Å². The van der Waals surface area contributed by atoms with Gasteiger partial charge in [-0.15, -0.1) is 0 Å². The van der Waals surface area contributed by atoms with Crippen molar-refractivity contribution in [2.45, 2.75) is 36.0 Å². The van der Waals surface area contributed by atoms with Crippen molar-refractivity contribution >= 4 is 37.4 Å². The Hall–Kier alpha value is -2.63. The Kier molecular flexibility index (Phi) is 7.22. The molecule has 0 fully saturated rings. The van der Waals surface area contributed by atoms with E-state index in [0.29, 0.717) is 17.8 Å². The molecule has 9 nitrogen and oxygen atoms in total. The van der Waals surface area contributed by atoms with Gasteiger partial charge in [0.25, 0.3) is 10.0 Å². The molecule has 0 aromatic heterocycles. The van der Waals surface area contributed by atoms with Gasteiger partial charge in [-0.3, -0.25) is 9.52 Å². The van der Waals surface area contributed by atoms with Gasteiger partial charge in [-0.05, 0) is 48.7 Å². The first-order chi connectivity index (χ1) is 13.5. The van der Waals surface area contributed by atoms with Crippen molar-refractivity contribution in [3.05, 3.63) is 48.0 Å². The van der Waals surface area contributed by atoms with Crippen molar-refractivity contribution in [1.82, 2.24) is 0 Å². The van der Waals surface area contributed by atoms with Gasteiger partial charge in [0.15, 0.2) is 0 Å². The molecule has 0 unspecified atom stereocenters. The number of hydrogen-bond donors (Lipinski definition) is 4. The summed E-state index contributed by atoms with van der Waals surface area (Å²) in [4.78, 5) is 10.4. The molecular weight excluding hydrogens is 418 g/mol. The van der Waals surface area contributed by atoms with Crippen molar-refractivity contribution in [3.63, 3.8) is 0 Å². The van der Waals surface area contributed by atoms with E-state index in [1.54, 1.807) is 0 Å². The molecular formula is C18H23N3O6S2. The van der Waals surface area contributed by atoms with E-state index in [2.05, 4.69) is 10.0 Å². The first-order valence-electron chi connectivity index (χ1n) is 8.77. The zero-order valence-corrected chi connectivity index (χ0v) is 17.4. The number of rotatable bonds is 10. The summed E-state index contributed by atoms with van der Waals surface area (Å²) in [6.45, 7) is 2.49.